The second kappa shape index (κ2) is 8.01. The van der Waals surface area contributed by atoms with Crippen molar-refractivity contribution < 1.29 is 4.79 Å². The van der Waals surface area contributed by atoms with Gasteiger partial charge in [0, 0.05) is 60.7 Å². The number of piperidine rings is 1. The number of aromatic nitrogens is 6. The minimum atomic E-state index is 0.0518. The van der Waals surface area contributed by atoms with Crippen molar-refractivity contribution in [2.45, 2.75) is 19.3 Å². The monoisotopic (exact) mass is 438 g/mol. The summed E-state index contributed by atoms with van der Waals surface area (Å²) in [6.07, 6.45) is 14.0. The van der Waals surface area contributed by atoms with Gasteiger partial charge in [-0.25, -0.2) is 9.50 Å². The molecule has 0 radical (unpaired) electrons. The van der Waals surface area contributed by atoms with Crippen LogP contribution < -0.4 is 5.32 Å². The number of likely N-dealkylation sites (tertiary alicyclic amines) is 1. The minimum Gasteiger partial charge on any atom is -0.345 e. The number of H-pyrrole nitrogens is 1. The summed E-state index contributed by atoms with van der Waals surface area (Å²) in [4.78, 5) is 31.4. The Balaban J connectivity index is 1.34. The molecular weight excluding hydrogens is 416 g/mol. The maximum Gasteiger partial charge on any atom is 0.257 e. The SMILES string of the molecule is O=C(c1cnn2ccc(-c3c[nH]c4nc(Nc5ccncc5)ncc34)cc12)N1CCCCC1. The first-order valence-corrected chi connectivity index (χ1v) is 11.0. The molecule has 0 aliphatic carbocycles. The van der Waals surface area contributed by atoms with Gasteiger partial charge in [0.05, 0.1) is 17.3 Å². The van der Waals surface area contributed by atoms with Crippen LogP contribution in [0.25, 0.3) is 27.7 Å². The summed E-state index contributed by atoms with van der Waals surface area (Å²) < 4.78 is 1.75. The second-order valence-electron chi connectivity index (χ2n) is 8.18. The molecule has 6 rings (SSSR count). The quantitative estimate of drug-likeness (QED) is 0.439. The van der Waals surface area contributed by atoms with Crippen LogP contribution in [-0.2, 0) is 0 Å². The van der Waals surface area contributed by atoms with E-state index >= 15 is 0 Å². The fourth-order valence-electron chi connectivity index (χ4n) is 4.35. The zero-order chi connectivity index (χ0) is 22.2. The molecule has 9 nitrogen and oxygen atoms in total. The van der Waals surface area contributed by atoms with E-state index in [9.17, 15) is 4.79 Å². The molecule has 9 heteroatoms. The standard InChI is InChI=1S/C24H22N8O/c33-23(31-9-2-1-3-10-31)20-15-28-32-11-6-16(12-21(20)32)18-13-26-22-19(18)14-27-24(30-22)29-17-4-7-25-8-5-17/h4-8,11-15H,1-3,9-10H2,(H2,25,26,27,29,30). The number of rotatable bonds is 4. The molecule has 5 aromatic rings. The van der Waals surface area contributed by atoms with E-state index in [1.54, 1.807) is 29.3 Å². The maximum atomic E-state index is 13.1. The van der Waals surface area contributed by atoms with E-state index < -0.39 is 0 Å². The van der Waals surface area contributed by atoms with Crippen molar-refractivity contribution in [1.82, 2.24) is 34.4 Å². The number of fused-ring (bicyclic) bond motifs is 2. The molecule has 1 amide bonds. The van der Waals surface area contributed by atoms with Crippen LogP contribution in [0, 0.1) is 0 Å². The van der Waals surface area contributed by atoms with E-state index in [4.69, 9.17) is 0 Å². The zero-order valence-corrected chi connectivity index (χ0v) is 17.9. The first-order chi connectivity index (χ1) is 16.3. The van der Waals surface area contributed by atoms with Crippen molar-refractivity contribution in [3.8, 4) is 11.1 Å². The van der Waals surface area contributed by atoms with Crippen LogP contribution in [0.15, 0.2) is 61.4 Å². The third-order valence-corrected chi connectivity index (χ3v) is 6.07. The van der Waals surface area contributed by atoms with Crippen molar-refractivity contribution in [2.24, 2.45) is 0 Å². The summed E-state index contributed by atoms with van der Waals surface area (Å²) in [7, 11) is 0. The van der Waals surface area contributed by atoms with Gasteiger partial charge in [-0.05, 0) is 49.1 Å². The molecule has 33 heavy (non-hydrogen) atoms. The van der Waals surface area contributed by atoms with Crippen molar-refractivity contribution in [3.05, 3.63) is 67.0 Å². The van der Waals surface area contributed by atoms with Crippen molar-refractivity contribution in [1.29, 1.82) is 0 Å². The van der Waals surface area contributed by atoms with Crippen LogP contribution in [0.1, 0.15) is 29.6 Å². The normalized spacial score (nSPS) is 14.1. The Hall–Kier alpha value is -4.27. The van der Waals surface area contributed by atoms with Gasteiger partial charge < -0.3 is 15.2 Å². The number of anilines is 2. The maximum absolute atomic E-state index is 13.1. The van der Waals surface area contributed by atoms with Crippen molar-refractivity contribution >= 4 is 34.1 Å². The van der Waals surface area contributed by atoms with E-state index in [1.165, 1.54) is 6.42 Å². The number of hydrogen-bond acceptors (Lipinski definition) is 6. The summed E-state index contributed by atoms with van der Waals surface area (Å²) in [5, 5.41) is 8.48. The molecule has 2 N–H and O–H groups in total. The van der Waals surface area contributed by atoms with Crippen molar-refractivity contribution in [3.63, 3.8) is 0 Å². The third-order valence-electron chi connectivity index (χ3n) is 6.07. The average molecular weight is 438 g/mol. The molecule has 0 atom stereocenters. The fraction of sp³-hybridized carbons (Fsp3) is 0.208. The number of nitrogens with one attached hydrogen (secondary N) is 2. The van der Waals surface area contributed by atoms with Gasteiger partial charge in [-0.3, -0.25) is 9.78 Å². The van der Waals surface area contributed by atoms with Crippen LogP contribution in [0.3, 0.4) is 0 Å². The Bertz CT molecular complexity index is 1450. The van der Waals surface area contributed by atoms with E-state index in [1.807, 2.05) is 41.6 Å². The van der Waals surface area contributed by atoms with E-state index in [-0.39, 0.29) is 5.91 Å². The zero-order valence-electron chi connectivity index (χ0n) is 17.9. The molecule has 1 fully saturated rings. The van der Waals surface area contributed by atoms with Gasteiger partial charge in [0.1, 0.15) is 5.65 Å². The Morgan fingerprint density at radius 2 is 1.91 bits per heavy atom. The van der Waals surface area contributed by atoms with Gasteiger partial charge in [-0.15, -0.1) is 0 Å². The highest BCUT2D eigenvalue weighted by Crippen LogP contribution is 2.30. The van der Waals surface area contributed by atoms with Crippen LogP contribution in [0.4, 0.5) is 11.6 Å². The third kappa shape index (κ3) is 3.57. The van der Waals surface area contributed by atoms with E-state index in [2.05, 4.69) is 30.4 Å². The van der Waals surface area contributed by atoms with Gasteiger partial charge in [-0.1, -0.05) is 0 Å². The molecule has 1 aliphatic heterocycles. The summed E-state index contributed by atoms with van der Waals surface area (Å²) in [5.41, 5.74) is 4.98. The smallest absolute Gasteiger partial charge is 0.257 e. The summed E-state index contributed by atoms with van der Waals surface area (Å²) in [5.74, 6) is 0.554. The Kier molecular flexibility index (Phi) is 4.71. The van der Waals surface area contributed by atoms with Gasteiger partial charge in [0.15, 0.2) is 0 Å². The number of carbonyl (C=O) groups is 1. The second-order valence-corrected chi connectivity index (χ2v) is 8.18. The van der Waals surface area contributed by atoms with E-state index in [0.717, 1.165) is 59.3 Å². The summed E-state index contributed by atoms with van der Waals surface area (Å²) in [6.45, 7) is 1.62. The first-order valence-electron chi connectivity index (χ1n) is 11.0. The number of amides is 1. The minimum absolute atomic E-state index is 0.0518. The van der Waals surface area contributed by atoms with Crippen LogP contribution in [-0.4, -0.2) is 53.4 Å². The molecule has 6 heterocycles. The van der Waals surface area contributed by atoms with Gasteiger partial charge in [-0.2, -0.15) is 10.1 Å². The van der Waals surface area contributed by atoms with Crippen LogP contribution >= 0.6 is 0 Å². The lowest BCUT2D eigenvalue weighted by atomic mass is 10.1. The number of carbonyl (C=O) groups excluding carboxylic acids is 1. The lowest BCUT2D eigenvalue weighted by Crippen LogP contribution is -2.35. The predicted molar refractivity (Wildman–Crippen MR) is 125 cm³/mol. The topological polar surface area (TPSA) is 104 Å². The number of nitrogens with zero attached hydrogens (tertiary/aromatic N) is 6. The molecule has 1 saturated heterocycles. The molecule has 0 aromatic carbocycles. The predicted octanol–water partition coefficient (Wildman–Crippen LogP) is 4.04. The van der Waals surface area contributed by atoms with Crippen LogP contribution in [0.5, 0.6) is 0 Å². The molecular formula is C24H22N8O. The van der Waals surface area contributed by atoms with Gasteiger partial charge in [0.25, 0.3) is 5.91 Å². The molecule has 5 aromatic heterocycles. The highest BCUT2D eigenvalue weighted by atomic mass is 16.2. The Morgan fingerprint density at radius 3 is 2.76 bits per heavy atom. The summed E-state index contributed by atoms with van der Waals surface area (Å²) >= 11 is 0. The largest absolute Gasteiger partial charge is 0.345 e. The molecule has 0 bridgehead atoms. The van der Waals surface area contributed by atoms with Gasteiger partial charge >= 0.3 is 0 Å². The Labute approximate surface area is 189 Å². The number of hydrogen-bond donors (Lipinski definition) is 2. The first kappa shape index (κ1) is 19.4. The lowest BCUT2D eigenvalue weighted by molar-refractivity contribution is 0.0726. The molecule has 0 saturated carbocycles. The lowest BCUT2D eigenvalue weighted by Gasteiger charge is -2.26. The average Bonchev–Trinajstić information content (AvgIpc) is 3.48. The molecule has 1 aliphatic rings. The molecule has 0 unspecified atom stereocenters. The molecule has 164 valence electrons. The fourth-order valence-corrected chi connectivity index (χ4v) is 4.35. The van der Waals surface area contributed by atoms with Gasteiger partial charge in [0.2, 0.25) is 5.95 Å². The summed E-state index contributed by atoms with van der Waals surface area (Å²) in [6, 6.07) is 7.71. The highest BCUT2D eigenvalue weighted by molar-refractivity contribution is 6.02. The Morgan fingerprint density at radius 1 is 1.06 bits per heavy atom. The molecule has 0 spiro atoms. The van der Waals surface area contributed by atoms with E-state index in [0.29, 0.717) is 11.5 Å². The highest BCUT2D eigenvalue weighted by Gasteiger charge is 2.22. The van der Waals surface area contributed by atoms with Crippen molar-refractivity contribution in [2.75, 3.05) is 18.4 Å². The number of pyridine rings is 2. The number of aromatic amines is 1. The van der Waals surface area contributed by atoms with Crippen LogP contribution in [0.2, 0.25) is 0 Å².